The maximum absolute atomic E-state index is 12.7. The number of hydrogen-bond donors (Lipinski definition) is 0. The Balaban J connectivity index is 1.75. The van der Waals surface area contributed by atoms with Gasteiger partial charge in [-0.1, -0.05) is 36.2 Å². The number of likely N-dealkylation sites (tertiary alicyclic amines) is 1. The highest BCUT2D eigenvalue weighted by Gasteiger charge is 2.38. The summed E-state index contributed by atoms with van der Waals surface area (Å²) in [5, 5.41) is 0. The van der Waals surface area contributed by atoms with Crippen molar-refractivity contribution in [2.45, 2.75) is 58.0 Å². The molecule has 2 nitrogen and oxygen atoms in total. The van der Waals surface area contributed by atoms with Crippen molar-refractivity contribution < 1.29 is 4.79 Å². The number of ketones is 1. The monoisotopic (exact) mass is 271 g/mol. The molecule has 1 aliphatic carbocycles. The molecule has 0 spiro atoms. The van der Waals surface area contributed by atoms with Gasteiger partial charge in [-0.3, -0.25) is 9.69 Å². The van der Waals surface area contributed by atoms with Crippen molar-refractivity contribution in [3.05, 3.63) is 35.4 Å². The number of Topliss-reactive ketones (excluding diaryl/α,β-unsaturated/α-hetero) is 1. The van der Waals surface area contributed by atoms with Gasteiger partial charge in [-0.05, 0) is 52.0 Å². The van der Waals surface area contributed by atoms with Gasteiger partial charge in [-0.15, -0.1) is 0 Å². The third kappa shape index (κ3) is 2.54. The van der Waals surface area contributed by atoms with Crippen molar-refractivity contribution in [3.8, 4) is 0 Å². The van der Waals surface area contributed by atoms with E-state index in [4.69, 9.17) is 0 Å². The quantitative estimate of drug-likeness (QED) is 0.779. The Labute approximate surface area is 122 Å². The van der Waals surface area contributed by atoms with Gasteiger partial charge in [0.2, 0.25) is 0 Å². The number of fused-ring (bicyclic) bond motifs is 1. The van der Waals surface area contributed by atoms with Crippen molar-refractivity contribution >= 4 is 5.78 Å². The number of benzene rings is 1. The molecular formula is C18H25NO. The van der Waals surface area contributed by atoms with E-state index in [-0.39, 0.29) is 11.8 Å². The van der Waals surface area contributed by atoms with Crippen molar-refractivity contribution in [1.82, 2.24) is 4.90 Å². The fourth-order valence-corrected chi connectivity index (χ4v) is 4.08. The number of carbonyl (C=O) groups excluding carboxylic acids is 1. The molecule has 3 unspecified atom stereocenters. The van der Waals surface area contributed by atoms with Crippen LogP contribution in [0.2, 0.25) is 0 Å². The van der Waals surface area contributed by atoms with Gasteiger partial charge in [0, 0.05) is 11.6 Å². The number of hydrogen-bond acceptors (Lipinski definition) is 2. The molecule has 3 atom stereocenters. The highest BCUT2D eigenvalue weighted by atomic mass is 16.1. The zero-order valence-corrected chi connectivity index (χ0v) is 12.6. The second-order valence-corrected chi connectivity index (χ2v) is 6.54. The Hall–Kier alpha value is -1.15. The SMILES string of the molecule is Cc1ccc(C(=O)C(C)N2CCCC3CCCC32)cc1. The van der Waals surface area contributed by atoms with Gasteiger partial charge in [0.25, 0.3) is 0 Å². The Morgan fingerprint density at radius 1 is 1.15 bits per heavy atom. The number of rotatable bonds is 3. The topological polar surface area (TPSA) is 20.3 Å². The van der Waals surface area contributed by atoms with E-state index >= 15 is 0 Å². The minimum atomic E-state index is 0.0311. The fourth-order valence-electron chi connectivity index (χ4n) is 4.08. The first-order valence-electron chi connectivity index (χ1n) is 8.03. The first kappa shape index (κ1) is 13.8. The summed E-state index contributed by atoms with van der Waals surface area (Å²) in [7, 11) is 0. The van der Waals surface area contributed by atoms with Gasteiger partial charge in [0.05, 0.1) is 6.04 Å². The van der Waals surface area contributed by atoms with Crippen molar-refractivity contribution in [3.63, 3.8) is 0 Å². The molecule has 2 aliphatic rings. The summed E-state index contributed by atoms with van der Waals surface area (Å²) in [5.41, 5.74) is 2.08. The van der Waals surface area contributed by atoms with Gasteiger partial charge >= 0.3 is 0 Å². The molecular weight excluding hydrogens is 246 g/mol. The largest absolute Gasteiger partial charge is 0.292 e. The molecule has 2 heteroatoms. The van der Waals surface area contributed by atoms with E-state index in [1.807, 2.05) is 24.3 Å². The van der Waals surface area contributed by atoms with E-state index in [1.54, 1.807) is 0 Å². The van der Waals surface area contributed by atoms with Crippen LogP contribution in [-0.2, 0) is 0 Å². The van der Waals surface area contributed by atoms with Crippen LogP contribution in [0.15, 0.2) is 24.3 Å². The smallest absolute Gasteiger partial charge is 0.179 e. The summed E-state index contributed by atoms with van der Waals surface area (Å²) < 4.78 is 0. The Bertz CT molecular complexity index is 479. The third-order valence-corrected chi connectivity index (χ3v) is 5.25. The lowest BCUT2D eigenvalue weighted by molar-refractivity contribution is 0.0565. The highest BCUT2D eigenvalue weighted by molar-refractivity contribution is 5.99. The zero-order chi connectivity index (χ0) is 14.1. The second-order valence-electron chi connectivity index (χ2n) is 6.54. The van der Waals surface area contributed by atoms with Crippen molar-refractivity contribution in [2.75, 3.05) is 6.54 Å². The molecule has 0 bridgehead atoms. The lowest BCUT2D eigenvalue weighted by Gasteiger charge is -2.41. The number of aryl methyl sites for hydroxylation is 1. The van der Waals surface area contributed by atoms with Gasteiger partial charge in [-0.25, -0.2) is 0 Å². The molecule has 3 rings (SSSR count). The number of piperidine rings is 1. The Morgan fingerprint density at radius 3 is 2.60 bits per heavy atom. The first-order valence-corrected chi connectivity index (χ1v) is 8.03. The van der Waals surface area contributed by atoms with E-state index < -0.39 is 0 Å². The van der Waals surface area contributed by atoms with Gasteiger partial charge in [0.1, 0.15) is 0 Å². The highest BCUT2D eigenvalue weighted by Crippen LogP contribution is 2.38. The lowest BCUT2D eigenvalue weighted by Crippen LogP contribution is -2.50. The summed E-state index contributed by atoms with van der Waals surface area (Å²) in [4.78, 5) is 15.2. The molecule has 1 saturated heterocycles. The van der Waals surface area contributed by atoms with E-state index in [0.717, 1.165) is 18.0 Å². The fraction of sp³-hybridized carbons (Fsp3) is 0.611. The predicted octanol–water partition coefficient (Wildman–Crippen LogP) is 3.83. The van der Waals surface area contributed by atoms with E-state index in [2.05, 4.69) is 18.7 Å². The second kappa shape index (κ2) is 5.69. The molecule has 0 amide bonds. The molecule has 1 aromatic rings. The van der Waals surface area contributed by atoms with Crippen LogP contribution in [0.5, 0.6) is 0 Å². The van der Waals surface area contributed by atoms with Crippen LogP contribution >= 0.6 is 0 Å². The maximum atomic E-state index is 12.7. The van der Waals surface area contributed by atoms with Crippen molar-refractivity contribution in [1.29, 1.82) is 0 Å². The standard InChI is InChI=1S/C18H25NO/c1-13-8-10-16(11-9-13)18(20)14(2)19-12-4-6-15-5-3-7-17(15)19/h8-11,14-15,17H,3-7,12H2,1-2H3. The number of nitrogens with zero attached hydrogens (tertiary/aromatic N) is 1. The van der Waals surface area contributed by atoms with E-state index in [1.165, 1.54) is 37.7 Å². The van der Waals surface area contributed by atoms with E-state index in [9.17, 15) is 4.79 Å². The van der Waals surface area contributed by atoms with Crippen LogP contribution in [-0.4, -0.2) is 29.3 Å². The molecule has 1 heterocycles. The van der Waals surface area contributed by atoms with Crippen LogP contribution in [0.1, 0.15) is 54.9 Å². The molecule has 0 N–H and O–H groups in total. The molecule has 1 aliphatic heterocycles. The summed E-state index contributed by atoms with van der Waals surface area (Å²) in [5.74, 6) is 1.13. The molecule has 1 saturated carbocycles. The zero-order valence-electron chi connectivity index (χ0n) is 12.6. The maximum Gasteiger partial charge on any atom is 0.179 e. The molecule has 0 radical (unpaired) electrons. The van der Waals surface area contributed by atoms with Crippen molar-refractivity contribution in [2.24, 2.45) is 5.92 Å². The summed E-state index contributed by atoms with van der Waals surface area (Å²) in [6, 6.07) is 8.72. The van der Waals surface area contributed by atoms with Gasteiger partial charge in [-0.2, -0.15) is 0 Å². The van der Waals surface area contributed by atoms with Crippen LogP contribution in [0.4, 0.5) is 0 Å². The summed E-state index contributed by atoms with van der Waals surface area (Å²) >= 11 is 0. The van der Waals surface area contributed by atoms with Crippen LogP contribution < -0.4 is 0 Å². The third-order valence-electron chi connectivity index (χ3n) is 5.25. The first-order chi connectivity index (χ1) is 9.66. The van der Waals surface area contributed by atoms with Gasteiger partial charge < -0.3 is 0 Å². The average Bonchev–Trinajstić information content (AvgIpc) is 2.95. The van der Waals surface area contributed by atoms with E-state index in [0.29, 0.717) is 6.04 Å². The van der Waals surface area contributed by atoms with Crippen LogP contribution in [0, 0.1) is 12.8 Å². The number of carbonyl (C=O) groups is 1. The average molecular weight is 271 g/mol. The normalized spacial score (nSPS) is 28.1. The Morgan fingerprint density at radius 2 is 1.85 bits per heavy atom. The molecule has 108 valence electrons. The van der Waals surface area contributed by atoms with Crippen LogP contribution in [0.3, 0.4) is 0 Å². The minimum absolute atomic E-state index is 0.0311. The summed E-state index contributed by atoms with van der Waals surface area (Å²) in [6.07, 6.45) is 6.62. The Kier molecular flexibility index (Phi) is 3.93. The predicted molar refractivity (Wildman–Crippen MR) is 82.0 cm³/mol. The molecule has 2 fully saturated rings. The van der Waals surface area contributed by atoms with Gasteiger partial charge in [0.15, 0.2) is 5.78 Å². The molecule has 20 heavy (non-hydrogen) atoms. The summed E-state index contributed by atoms with van der Waals surface area (Å²) in [6.45, 7) is 5.26. The lowest BCUT2D eigenvalue weighted by atomic mass is 9.89. The molecule has 1 aromatic carbocycles. The molecule has 0 aromatic heterocycles. The van der Waals surface area contributed by atoms with Crippen LogP contribution in [0.25, 0.3) is 0 Å². The minimum Gasteiger partial charge on any atom is -0.292 e.